The van der Waals surface area contributed by atoms with Crippen molar-refractivity contribution in [3.8, 4) is 0 Å². The molecule has 0 saturated heterocycles. The molecule has 2 aromatic carbocycles. The highest BCUT2D eigenvalue weighted by atomic mass is 35.5. The van der Waals surface area contributed by atoms with E-state index < -0.39 is 0 Å². The van der Waals surface area contributed by atoms with Gasteiger partial charge in [-0.15, -0.1) is 0 Å². The summed E-state index contributed by atoms with van der Waals surface area (Å²) in [5, 5.41) is 7.77. The molecule has 0 amide bonds. The molecule has 0 radical (unpaired) electrons. The molecular weight excluding hydrogens is 288 g/mol. The van der Waals surface area contributed by atoms with Crippen LogP contribution in [0.1, 0.15) is 17.2 Å². The molecule has 1 heterocycles. The van der Waals surface area contributed by atoms with E-state index in [9.17, 15) is 0 Å². The molecule has 100 valence electrons. The van der Waals surface area contributed by atoms with E-state index in [1.54, 1.807) is 0 Å². The predicted octanol–water partition coefficient (Wildman–Crippen LogP) is 3.90. The summed E-state index contributed by atoms with van der Waals surface area (Å²) >= 11 is 11.6. The number of hydrogen-bond acceptors (Lipinski definition) is 1. The lowest BCUT2D eigenvalue weighted by molar-refractivity contribution is 0.766. The Morgan fingerprint density at radius 1 is 0.950 bits per heavy atom. The Morgan fingerprint density at radius 3 is 2.40 bits per heavy atom. The minimum atomic E-state index is -0.0207. The van der Waals surface area contributed by atoms with Crippen LogP contribution in [0.2, 0.25) is 5.02 Å². The van der Waals surface area contributed by atoms with Crippen LogP contribution in [0.4, 0.5) is 0 Å². The summed E-state index contributed by atoms with van der Waals surface area (Å²) in [5.41, 5.74) is 3.12. The Bertz CT molecular complexity index is 667. The number of benzene rings is 2. The molecule has 0 saturated carbocycles. The number of thiocarbonyl (C=S) groups is 1. The first kappa shape index (κ1) is 13.2. The third kappa shape index (κ3) is 2.69. The van der Waals surface area contributed by atoms with Crippen molar-refractivity contribution in [2.45, 2.75) is 6.04 Å². The molecule has 0 aromatic heterocycles. The molecule has 0 spiro atoms. The molecule has 4 heteroatoms. The van der Waals surface area contributed by atoms with Gasteiger partial charge in [-0.2, -0.15) is 0 Å². The van der Waals surface area contributed by atoms with Crippen molar-refractivity contribution in [1.29, 1.82) is 0 Å². The van der Waals surface area contributed by atoms with Gasteiger partial charge in [0.15, 0.2) is 5.11 Å². The quantitative estimate of drug-likeness (QED) is 0.823. The van der Waals surface area contributed by atoms with Crippen LogP contribution < -0.4 is 10.6 Å². The maximum absolute atomic E-state index is 6.27. The maximum atomic E-state index is 6.27. The van der Waals surface area contributed by atoms with Crippen LogP contribution in [0, 0.1) is 0 Å². The van der Waals surface area contributed by atoms with Crippen LogP contribution in [-0.2, 0) is 0 Å². The van der Waals surface area contributed by atoms with Crippen molar-refractivity contribution in [2.75, 3.05) is 0 Å². The number of halogens is 1. The van der Waals surface area contributed by atoms with Crippen molar-refractivity contribution in [3.05, 3.63) is 76.8 Å². The van der Waals surface area contributed by atoms with Crippen molar-refractivity contribution in [2.24, 2.45) is 0 Å². The van der Waals surface area contributed by atoms with Crippen LogP contribution in [0.3, 0.4) is 0 Å². The molecule has 20 heavy (non-hydrogen) atoms. The third-order valence-corrected chi connectivity index (χ3v) is 3.76. The average Bonchev–Trinajstić information content (AvgIpc) is 2.48. The first-order chi connectivity index (χ1) is 9.74. The first-order valence-corrected chi connectivity index (χ1v) is 7.12. The Hall–Kier alpha value is -1.84. The van der Waals surface area contributed by atoms with Crippen molar-refractivity contribution in [1.82, 2.24) is 10.6 Å². The van der Waals surface area contributed by atoms with Gasteiger partial charge in [-0.1, -0.05) is 60.1 Å². The van der Waals surface area contributed by atoms with E-state index in [-0.39, 0.29) is 6.04 Å². The molecule has 0 aliphatic carbocycles. The van der Waals surface area contributed by atoms with Gasteiger partial charge in [-0.3, -0.25) is 0 Å². The van der Waals surface area contributed by atoms with E-state index in [1.165, 1.54) is 0 Å². The second kappa shape index (κ2) is 5.65. The Kier molecular flexibility index (Phi) is 3.72. The van der Waals surface area contributed by atoms with E-state index in [1.807, 2.05) is 42.5 Å². The van der Waals surface area contributed by atoms with Gasteiger partial charge in [0.05, 0.1) is 6.04 Å². The van der Waals surface area contributed by atoms with Gasteiger partial charge in [0.1, 0.15) is 0 Å². The van der Waals surface area contributed by atoms with Crippen LogP contribution >= 0.6 is 23.8 Å². The SMILES string of the molecule is S=C1NC(c2ccccc2)=C[C@H](c2ccccc2Cl)N1. The van der Waals surface area contributed by atoms with Crippen LogP contribution in [-0.4, -0.2) is 5.11 Å². The highest BCUT2D eigenvalue weighted by Crippen LogP contribution is 2.28. The zero-order valence-corrected chi connectivity index (χ0v) is 12.2. The fourth-order valence-electron chi connectivity index (χ4n) is 2.23. The number of rotatable bonds is 2. The van der Waals surface area contributed by atoms with Gasteiger partial charge in [-0.25, -0.2) is 0 Å². The summed E-state index contributed by atoms with van der Waals surface area (Å²) in [4.78, 5) is 0. The van der Waals surface area contributed by atoms with Gasteiger partial charge >= 0.3 is 0 Å². The first-order valence-electron chi connectivity index (χ1n) is 6.33. The topological polar surface area (TPSA) is 24.1 Å². The summed E-state index contributed by atoms with van der Waals surface area (Å²) in [6.45, 7) is 0. The summed E-state index contributed by atoms with van der Waals surface area (Å²) in [6, 6.07) is 17.9. The fraction of sp³-hybridized carbons (Fsp3) is 0.0625. The molecule has 1 aliphatic rings. The molecule has 0 bridgehead atoms. The zero-order valence-electron chi connectivity index (χ0n) is 10.6. The highest BCUT2D eigenvalue weighted by Gasteiger charge is 2.19. The molecular formula is C16H13ClN2S. The molecule has 3 rings (SSSR count). The minimum absolute atomic E-state index is 0.0207. The number of nitrogens with one attached hydrogen (secondary N) is 2. The van der Waals surface area contributed by atoms with Gasteiger partial charge in [0, 0.05) is 10.7 Å². The standard InChI is InChI=1S/C16H13ClN2S/c17-13-9-5-4-8-12(13)15-10-14(18-16(20)19-15)11-6-2-1-3-7-11/h1-10,15H,(H2,18,19,20)/t15-/m1/s1. The molecule has 2 nitrogen and oxygen atoms in total. The predicted molar refractivity (Wildman–Crippen MR) is 87.5 cm³/mol. The molecule has 1 atom stereocenters. The van der Waals surface area contributed by atoms with Crippen LogP contribution in [0.25, 0.3) is 5.70 Å². The maximum Gasteiger partial charge on any atom is 0.171 e. The molecule has 0 unspecified atom stereocenters. The van der Waals surface area contributed by atoms with E-state index in [2.05, 4.69) is 28.8 Å². The van der Waals surface area contributed by atoms with Crippen molar-refractivity contribution in [3.63, 3.8) is 0 Å². The molecule has 1 aliphatic heterocycles. The van der Waals surface area contributed by atoms with E-state index in [4.69, 9.17) is 23.8 Å². The summed E-state index contributed by atoms with van der Waals surface area (Å²) < 4.78 is 0. The van der Waals surface area contributed by atoms with E-state index in [0.29, 0.717) is 5.11 Å². The molecule has 2 aromatic rings. The Balaban J connectivity index is 2.01. The molecule has 0 fully saturated rings. The largest absolute Gasteiger partial charge is 0.352 e. The monoisotopic (exact) mass is 300 g/mol. The normalized spacial score (nSPS) is 17.9. The van der Waals surface area contributed by atoms with Crippen LogP contribution in [0.15, 0.2) is 60.7 Å². The number of hydrogen-bond donors (Lipinski definition) is 2. The smallest absolute Gasteiger partial charge is 0.171 e. The minimum Gasteiger partial charge on any atom is -0.352 e. The van der Waals surface area contributed by atoms with E-state index >= 15 is 0 Å². The highest BCUT2D eigenvalue weighted by molar-refractivity contribution is 7.80. The van der Waals surface area contributed by atoms with E-state index in [0.717, 1.165) is 21.8 Å². The Labute approximate surface area is 128 Å². The Morgan fingerprint density at radius 2 is 1.65 bits per heavy atom. The summed E-state index contributed by atoms with van der Waals surface area (Å²) in [5.74, 6) is 0. The fourth-order valence-corrected chi connectivity index (χ4v) is 2.72. The third-order valence-electron chi connectivity index (χ3n) is 3.19. The van der Waals surface area contributed by atoms with Gasteiger partial charge in [0.25, 0.3) is 0 Å². The summed E-state index contributed by atoms with van der Waals surface area (Å²) in [6.07, 6.45) is 2.10. The lowest BCUT2D eigenvalue weighted by atomic mass is 10.0. The molecule has 2 N–H and O–H groups in total. The van der Waals surface area contributed by atoms with Crippen molar-refractivity contribution < 1.29 is 0 Å². The van der Waals surface area contributed by atoms with Crippen molar-refractivity contribution >= 4 is 34.6 Å². The lowest BCUT2D eigenvalue weighted by Gasteiger charge is -2.26. The average molecular weight is 301 g/mol. The van der Waals surface area contributed by atoms with Gasteiger partial charge < -0.3 is 10.6 Å². The second-order valence-electron chi connectivity index (χ2n) is 4.54. The van der Waals surface area contributed by atoms with Gasteiger partial charge in [0.2, 0.25) is 0 Å². The van der Waals surface area contributed by atoms with Gasteiger partial charge in [-0.05, 0) is 35.5 Å². The van der Waals surface area contributed by atoms with Crippen LogP contribution in [0.5, 0.6) is 0 Å². The zero-order chi connectivity index (χ0) is 13.9. The summed E-state index contributed by atoms with van der Waals surface area (Å²) in [7, 11) is 0. The second-order valence-corrected chi connectivity index (χ2v) is 5.36. The lowest BCUT2D eigenvalue weighted by Crippen LogP contribution is -2.40.